The van der Waals surface area contributed by atoms with E-state index in [9.17, 15) is 9.90 Å². The molecule has 3 atom stereocenters. The number of hydrogen-bond acceptors (Lipinski definition) is 3. The Bertz CT molecular complexity index is 253. The van der Waals surface area contributed by atoms with Crippen LogP contribution in [0.15, 0.2) is 0 Å². The van der Waals surface area contributed by atoms with Gasteiger partial charge in [-0.25, -0.2) is 0 Å². The lowest BCUT2D eigenvalue weighted by molar-refractivity contribution is -0.133. The molecule has 0 amide bonds. The summed E-state index contributed by atoms with van der Waals surface area (Å²) in [6.45, 7) is 4.85. The van der Waals surface area contributed by atoms with Crippen molar-refractivity contribution in [1.82, 2.24) is 10.6 Å². The highest BCUT2D eigenvalue weighted by Crippen LogP contribution is 2.22. The first-order valence-electron chi connectivity index (χ1n) is 4.16. The van der Waals surface area contributed by atoms with Gasteiger partial charge in [-0.1, -0.05) is 0 Å². The van der Waals surface area contributed by atoms with Gasteiger partial charge in [-0.15, -0.1) is 0 Å². The van der Waals surface area contributed by atoms with Crippen LogP contribution in [0, 0.1) is 5.92 Å². The van der Waals surface area contributed by atoms with Gasteiger partial charge in [0.15, 0.2) is 5.11 Å². The standard InChI is InChI=1S/C8H14N2O2S/c1-4-6(5(2)11)8(3,12)10-7(13)9-4/h4,6,12H,1-3H3,(H2,9,10,13). The second kappa shape index (κ2) is 3.23. The quantitative estimate of drug-likeness (QED) is 0.513. The van der Waals surface area contributed by atoms with Gasteiger partial charge in [0, 0.05) is 6.04 Å². The first kappa shape index (κ1) is 10.4. The Morgan fingerprint density at radius 1 is 1.69 bits per heavy atom. The molecule has 0 aromatic heterocycles. The van der Waals surface area contributed by atoms with Crippen LogP contribution >= 0.6 is 12.2 Å². The minimum Gasteiger partial charge on any atom is -0.370 e. The Labute approximate surface area is 82.7 Å². The molecule has 1 aliphatic heterocycles. The number of carbonyl (C=O) groups is 1. The Morgan fingerprint density at radius 2 is 2.23 bits per heavy atom. The molecular weight excluding hydrogens is 188 g/mol. The van der Waals surface area contributed by atoms with Gasteiger partial charge in [-0.2, -0.15) is 0 Å². The molecule has 0 aromatic rings. The molecule has 1 heterocycles. The number of aliphatic hydroxyl groups is 1. The molecule has 0 radical (unpaired) electrons. The molecule has 13 heavy (non-hydrogen) atoms. The number of thiocarbonyl (C=S) groups is 1. The molecule has 0 aliphatic carbocycles. The van der Waals surface area contributed by atoms with E-state index in [1.54, 1.807) is 6.92 Å². The maximum atomic E-state index is 11.2. The van der Waals surface area contributed by atoms with Crippen LogP contribution in [-0.2, 0) is 4.79 Å². The zero-order valence-corrected chi connectivity index (χ0v) is 8.73. The van der Waals surface area contributed by atoms with Crippen LogP contribution in [0.4, 0.5) is 0 Å². The normalized spacial score (nSPS) is 39.2. The average molecular weight is 202 g/mol. The van der Waals surface area contributed by atoms with Crippen molar-refractivity contribution in [1.29, 1.82) is 0 Å². The van der Waals surface area contributed by atoms with Gasteiger partial charge in [0.05, 0.1) is 5.92 Å². The van der Waals surface area contributed by atoms with E-state index in [4.69, 9.17) is 12.2 Å². The van der Waals surface area contributed by atoms with E-state index >= 15 is 0 Å². The summed E-state index contributed by atoms with van der Waals surface area (Å²) in [7, 11) is 0. The van der Waals surface area contributed by atoms with Gasteiger partial charge in [-0.3, -0.25) is 4.79 Å². The van der Waals surface area contributed by atoms with Crippen LogP contribution < -0.4 is 10.6 Å². The molecule has 0 saturated carbocycles. The lowest BCUT2D eigenvalue weighted by Gasteiger charge is -2.42. The Kier molecular flexibility index (Phi) is 2.58. The first-order chi connectivity index (χ1) is 5.84. The number of nitrogens with one attached hydrogen (secondary N) is 2. The fraction of sp³-hybridized carbons (Fsp3) is 0.750. The second-order valence-corrected chi connectivity index (χ2v) is 4.03. The topological polar surface area (TPSA) is 61.4 Å². The third-order valence-corrected chi connectivity index (χ3v) is 2.49. The van der Waals surface area contributed by atoms with E-state index in [1.165, 1.54) is 6.92 Å². The number of ketones is 1. The van der Waals surface area contributed by atoms with Crippen molar-refractivity contribution < 1.29 is 9.90 Å². The largest absolute Gasteiger partial charge is 0.370 e. The summed E-state index contributed by atoms with van der Waals surface area (Å²) in [4.78, 5) is 11.2. The van der Waals surface area contributed by atoms with E-state index in [-0.39, 0.29) is 11.8 Å². The summed E-state index contributed by atoms with van der Waals surface area (Å²) in [5.41, 5.74) is -1.24. The summed E-state index contributed by atoms with van der Waals surface area (Å²) in [6.07, 6.45) is 0. The highest BCUT2D eigenvalue weighted by atomic mass is 32.1. The second-order valence-electron chi connectivity index (χ2n) is 3.62. The number of carbonyl (C=O) groups excluding carboxylic acids is 1. The Balaban J connectivity index is 2.92. The molecule has 1 saturated heterocycles. The van der Waals surface area contributed by atoms with Crippen LogP contribution in [0.2, 0.25) is 0 Å². The minimum atomic E-state index is -1.24. The minimum absolute atomic E-state index is 0.0556. The monoisotopic (exact) mass is 202 g/mol. The molecule has 1 fully saturated rings. The summed E-state index contributed by atoms with van der Waals surface area (Å²) in [5, 5.41) is 15.8. The Morgan fingerprint density at radius 3 is 2.62 bits per heavy atom. The SMILES string of the molecule is CC(=O)C1C(C)NC(=S)NC1(C)O. The highest BCUT2D eigenvalue weighted by molar-refractivity contribution is 7.80. The van der Waals surface area contributed by atoms with Crippen molar-refractivity contribution in [2.24, 2.45) is 5.92 Å². The van der Waals surface area contributed by atoms with Gasteiger partial charge in [0.1, 0.15) is 11.5 Å². The van der Waals surface area contributed by atoms with Crippen LogP contribution in [-0.4, -0.2) is 27.8 Å². The zero-order valence-electron chi connectivity index (χ0n) is 7.92. The fourth-order valence-corrected chi connectivity index (χ4v) is 2.26. The first-order valence-corrected chi connectivity index (χ1v) is 4.57. The van der Waals surface area contributed by atoms with Crippen molar-refractivity contribution in [2.45, 2.75) is 32.5 Å². The van der Waals surface area contributed by atoms with E-state index in [2.05, 4.69) is 10.6 Å². The van der Waals surface area contributed by atoms with Crippen molar-refractivity contribution in [3.05, 3.63) is 0 Å². The maximum absolute atomic E-state index is 11.2. The highest BCUT2D eigenvalue weighted by Gasteiger charge is 2.43. The van der Waals surface area contributed by atoms with Gasteiger partial charge in [0.2, 0.25) is 0 Å². The fourth-order valence-electron chi connectivity index (χ4n) is 1.87. The Hall–Kier alpha value is -0.680. The van der Waals surface area contributed by atoms with E-state index < -0.39 is 11.6 Å². The number of rotatable bonds is 1. The van der Waals surface area contributed by atoms with Crippen LogP contribution in [0.1, 0.15) is 20.8 Å². The average Bonchev–Trinajstić information content (AvgIpc) is 1.78. The summed E-state index contributed by atoms with van der Waals surface area (Å²) < 4.78 is 0. The van der Waals surface area contributed by atoms with Gasteiger partial charge in [0.25, 0.3) is 0 Å². The molecule has 1 rings (SSSR count). The molecule has 0 aromatic carbocycles. The van der Waals surface area contributed by atoms with Crippen LogP contribution in [0.25, 0.3) is 0 Å². The van der Waals surface area contributed by atoms with Gasteiger partial charge >= 0.3 is 0 Å². The summed E-state index contributed by atoms with van der Waals surface area (Å²) in [5.74, 6) is -0.529. The number of Topliss-reactive ketones (excluding diaryl/α,β-unsaturated/α-hetero) is 1. The molecule has 0 spiro atoms. The van der Waals surface area contributed by atoms with Gasteiger partial charge < -0.3 is 15.7 Å². The lowest BCUT2D eigenvalue weighted by atomic mass is 9.85. The van der Waals surface area contributed by atoms with Crippen LogP contribution in [0.5, 0.6) is 0 Å². The van der Waals surface area contributed by atoms with E-state index in [0.29, 0.717) is 5.11 Å². The van der Waals surface area contributed by atoms with Gasteiger partial charge in [-0.05, 0) is 33.0 Å². The van der Waals surface area contributed by atoms with Crippen LogP contribution in [0.3, 0.4) is 0 Å². The zero-order chi connectivity index (χ0) is 10.2. The predicted molar refractivity (Wildman–Crippen MR) is 53.1 cm³/mol. The lowest BCUT2D eigenvalue weighted by Crippen LogP contribution is -2.67. The predicted octanol–water partition coefficient (Wildman–Crippen LogP) is -0.234. The van der Waals surface area contributed by atoms with Crippen molar-refractivity contribution in [2.75, 3.05) is 0 Å². The maximum Gasteiger partial charge on any atom is 0.168 e. The summed E-state index contributed by atoms with van der Waals surface area (Å²) >= 11 is 4.88. The molecule has 1 aliphatic rings. The van der Waals surface area contributed by atoms with Crippen molar-refractivity contribution >= 4 is 23.1 Å². The molecule has 4 nitrogen and oxygen atoms in total. The van der Waals surface area contributed by atoms with E-state index in [1.807, 2.05) is 6.92 Å². The molecule has 3 N–H and O–H groups in total. The molecule has 0 bridgehead atoms. The van der Waals surface area contributed by atoms with E-state index in [0.717, 1.165) is 0 Å². The molecular formula is C8H14N2O2S. The molecule has 3 unspecified atom stereocenters. The number of hydrogen-bond donors (Lipinski definition) is 3. The smallest absolute Gasteiger partial charge is 0.168 e. The third kappa shape index (κ3) is 1.97. The molecule has 74 valence electrons. The summed E-state index contributed by atoms with van der Waals surface area (Å²) in [6, 6.07) is -0.138. The molecule has 5 heteroatoms. The van der Waals surface area contributed by atoms with Crippen molar-refractivity contribution in [3.8, 4) is 0 Å². The third-order valence-electron chi connectivity index (χ3n) is 2.27. The van der Waals surface area contributed by atoms with Crippen molar-refractivity contribution in [3.63, 3.8) is 0 Å².